The summed E-state index contributed by atoms with van der Waals surface area (Å²) < 4.78 is 0. The summed E-state index contributed by atoms with van der Waals surface area (Å²) >= 11 is 1.56. The zero-order valence-electron chi connectivity index (χ0n) is 11.4. The number of aliphatic carboxylic acids is 1. The summed E-state index contributed by atoms with van der Waals surface area (Å²) in [7, 11) is 0. The molecular weight excluding hydrogens is 272 g/mol. The lowest BCUT2D eigenvalue weighted by Crippen LogP contribution is -2.07. The summed E-state index contributed by atoms with van der Waals surface area (Å²) in [5.41, 5.74) is 2.99. The molecule has 0 radical (unpaired) electrons. The number of aryl methyl sites for hydroxylation is 1. The Hall–Kier alpha value is -1.88. The number of hydrogen-bond acceptors (Lipinski definition) is 4. The van der Waals surface area contributed by atoms with Crippen molar-refractivity contribution in [2.24, 2.45) is 0 Å². The van der Waals surface area contributed by atoms with Crippen molar-refractivity contribution in [1.82, 2.24) is 9.97 Å². The number of carbonyl (C=O) groups is 1. The Morgan fingerprint density at radius 1 is 1.25 bits per heavy atom. The Labute approximate surface area is 122 Å². The van der Waals surface area contributed by atoms with Gasteiger partial charge in [0.25, 0.3) is 0 Å². The van der Waals surface area contributed by atoms with Crippen LogP contribution in [0.5, 0.6) is 0 Å². The highest BCUT2D eigenvalue weighted by atomic mass is 32.2. The van der Waals surface area contributed by atoms with Crippen molar-refractivity contribution in [3.05, 3.63) is 53.3 Å². The summed E-state index contributed by atoms with van der Waals surface area (Å²) in [4.78, 5) is 19.4. The van der Waals surface area contributed by atoms with E-state index in [1.165, 1.54) is 0 Å². The van der Waals surface area contributed by atoms with Gasteiger partial charge in [-0.15, -0.1) is 0 Å². The number of carboxylic acids is 1. The molecule has 2 aromatic rings. The van der Waals surface area contributed by atoms with E-state index in [-0.39, 0.29) is 0 Å². The Bertz CT molecular complexity index is 582. The van der Waals surface area contributed by atoms with Crippen molar-refractivity contribution < 1.29 is 9.90 Å². The number of thioether (sulfide) groups is 1. The summed E-state index contributed by atoms with van der Waals surface area (Å²) in [6.07, 6.45) is 3.60. The third-order valence-electron chi connectivity index (χ3n) is 2.98. The molecule has 4 nitrogen and oxygen atoms in total. The molecule has 2 rings (SSSR count). The molecule has 1 aromatic heterocycles. The second kappa shape index (κ2) is 6.52. The van der Waals surface area contributed by atoms with E-state index < -0.39 is 11.9 Å². The maximum absolute atomic E-state index is 10.9. The SMILES string of the molecule is Cc1cnc(SCc2ccc(C(C)C(=O)O)cc2)nc1. The molecule has 0 saturated carbocycles. The minimum Gasteiger partial charge on any atom is -0.481 e. The molecule has 0 aliphatic carbocycles. The fourth-order valence-corrected chi connectivity index (χ4v) is 2.39. The highest BCUT2D eigenvalue weighted by Gasteiger charge is 2.12. The molecule has 20 heavy (non-hydrogen) atoms. The number of rotatable bonds is 5. The predicted molar refractivity (Wildman–Crippen MR) is 78.8 cm³/mol. The average Bonchev–Trinajstić information content (AvgIpc) is 2.46. The molecule has 1 unspecified atom stereocenters. The van der Waals surface area contributed by atoms with E-state index >= 15 is 0 Å². The first kappa shape index (κ1) is 14.5. The maximum atomic E-state index is 10.9. The van der Waals surface area contributed by atoms with Gasteiger partial charge in [0.15, 0.2) is 5.16 Å². The predicted octanol–water partition coefficient (Wildman–Crippen LogP) is 3.27. The summed E-state index contributed by atoms with van der Waals surface area (Å²) in [6, 6.07) is 7.64. The smallest absolute Gasteiger partial charge is 0.310 e. The fourth-order valence-electron chi connectivity index (χ4n) is 1.65. The third-order valence-corrected chi connectivity index (χ3v) is 3.92. The van der Waals surface area contributed by atoms with Crippen molar-refractivity contribution in [2.75, 3.05) is 0 Å². The van der Waals surface area contributed by atoms with Crippen LogP contribution in [0, 0.1) is 6.92 Å². The van der Waals surface area contributed by atoms with Crippen LogP contribution >= 0.6 is 11.8 Å². The van der Waals surface area contributed by atoms with E-state index in [9.17, 15) is 4.79 Å². The normalized spacial score (nSPS) is 12.1. The largest absolute Gasteiger partial charge is 0.481 e. The van der Waals surface area contributed by atoms with Crippen molar-refractivity contribution in [3.8, 4) is 0 Å². The first-order valence-corrected chi connectivity index (χ1v) is 7.28. The molecule has 1 N–H and O–H groups in total. The van der Waals surface area contributed by atoms with Crippen LogP contribution in [0.1, 0.15) is 29.5 Å². The van der Waals surface area contributed by atoms with Crippen LogP contribution < -0.4 is 0 Å². The van der Waals surface area contributed by atoms with E-state index in [2.05, 4.69) is 9.97 Å². The van der Waals surface area contributed by atoms with Gasteiger partial charge >= 0.3 is 5.97 Å². The molecular formula is C15H16N2O2S. The molecule has 1 aromatic carbocycles. The number of aromatic nitrogens is 2. The lowest BCUT2D eigenvalue weighted by atomic mass is 10.0. The van der Waals surface area contributed by atoms with E-state index in [0.717, 1.165) is 27.6 Å². The van der Waals surface area contributed by atoms with Crippen LogP contribution in [0.4, 0.5) is 0 Å². The zero-order chi connectivity index (χ0) is 14.5. The molecule has 0 bridgehead atoms. The molecule has 0 aliphatic heterocycles. The van der Waals surface area contributed by atoms with Crippen LogP contribution in [-0.2, 0) is 10.5 Å². The molecule has 1 atom stereocenters. The summed E-state index contributed by atoms with van der Waals surface area (Å²) in [6.45, 7) is 3.64. The minimum absolute atomic E-state index is 0.475. The number of nitrogens with zero attached hydrogens (tertiary/aromatic N) is 2. The van der Waals surface area contributed by atoms with Gasteiger partial charge in [-0.3, -0.25) is 4.79 Å². The molecule has 0 saturated heterocycles. The van der Waals surface area contributed by atoms with Gasteiger partial charge in [-0.2, -0.15) is 0 Å². The lowest BCUT2D eigenvalue weighted by molar-refractivity contribution is -0.138. The van der Waals surface area contributed by atoms with Crippen molar-refractivity contribution in [2.45, 2.75) is 30.7 Å². The molecule has 0 amide bonds. The van der Waals surface area contributed by atoms with Gasteiger partial charge in [0.1, 0.15) is 0 Å². The van der Waals surface area contributed by atoms with Gasteiger partial charge in [0.2, 0.25) is 0 Å². The van der Waals surface area contributed by atoms with E-state index in [1.54, 1.807) is 31.1 Å². The second-order valence-electron chi connectivity index (χ2n) is 4.63. The van der Waals surface area contributed by atoms with Gasteiger partial charge in [-0.1, -0.05) is 36.0 Å². The third kappa shape index (κ3) is 3.81. The molecule has 0 spiro atoms. The second-order valence-corrected chi connectivity index (χ2v) is 5.58. The molecule has 5 heteroatoms. The van der Waals surface area contributed by atoms with E-state index in [0.29, 0.717) is 0 Å². The number of carboxylic acid groups (broad SMARTS) is 1. The molecule has 104 valence electrons. The van der Waals surface area contributed by atoms with Crippen molar-refractivity contribution in [3.63, 3.8) is 0 Å². The van der Waals surface area contributed by atoms with Gasteiger partial charge < -0.3 is 5.11 Å². The number of benzene rings is 1. The van der Waals surface area contributed by atoms with Gasteiger partial charge in [-0.05, 0) is 30.5 Å². The molecule has 1 heterocycles. The fraction of sp³-hybridized carbons (Fsp3) is 0.267. The first-order valence-electron chi connectivity index (χ1n) is 6.29. The van der Waals surface area contributed by atoms with E-state index in [4.69, 9.17) is 5.11 Å². The summed E-state index contributed by atoms with van der Waals surface area (Å²) in [5.74, 6) is -0.512. The Morgan fingerprint density at radius 3 is 2.40 bits per heavy atom. The van der Waals surface area contributed by atoms with Crippen LogP contribution in [-0.4, -0.2) is 21.0 Å². The highest BCUT2D eigenvalue weighted by molar-refractivity contribution is 7.98. The summed E-state index contributed by atoms with van der Waals surface area (Å²) in [5, 5.41) is 9.71. The van der Waals surface area contributed by atoms with Gasteiger partial charge in [0.05, 0.1) is 5.92 Å². The Kier molecular flexibility index (Phi) is 4.74. The first-order chi connectivity index (χ1) is 9.56. The monoisotopic (exact) mass is 288 g/mol. The van der Waals surface area contributed by atoms with Gasteiger partial charge in [0, 0.05) is 18.1 Å². The van der Waals surface area contributed by atoms with Gasteiger partial charge in [-0.25, -0.2) is 9.97 Å². The van der Waals surface area contributed by atoms with Crippen LogP contribution in [0.15, 0.2) is 41.8 Å². The zero-order valence-corrected chi connectivity index (χ0v) is 12.2. The van der Waals surface area contributed by atoms with E-state index in [1.807, 2.05) is 31.2 Å². The quantitative estimate of drug-likeness (QED) is 0.676. The highest BCUT2D eigenvalue weighted by Crippen LogP contribution is 2.21. The topological polar surface area (TPSA) is 63.1 Å². The number of hydrogen-bond donors (Lipinski definition) is 1. The van der Waals surface area contributed by atoms with Crippen LogP contribution in [0.3, 0.4) is 0 Å². The molecule has 0 fully saturated rings. The minimum atomic E-state index is -0.805. The Balaban J connectivity index is 1.97. The average molecular weight is 288 g/mol. The standard InChI is InChI=1S/C15H16N2O2S/c1-10-7-16-15(17-8-10)20-9-12-3-5-13(6-4-12)11(2)14(18)19/h3-8,11H,9H2,1-2H3,(H,18,19). The lowest BCUT2D eigenvalue weighted by Gasteiger charge is -2.07. The van der Waals surface area contributed by atoms with Crippen molar-refractivity contribution in [1.29, 1.82) is 0 Å². The van der Waals surface area contributed by atoms with Crippen LogP contribution in [0.25, 0.3) is 0 Å². The van der Waals surface area contributed by atoms with Crippen molar-refractivity contribution >= 4 is 17.7 Å². The maximum Gasteiger partial charge on any atom is 0.310 e. The van der Waals surface area contributed by atoms with Crippen LogP contribution in [0.2, 0.25) is 0 Å². The molecule has 0 aliphatic rings. The Morgan fingerprint density at radius 2 is 1.85 bits per heavy atom.